The maximum Gasteiger partial charge on any atom is 0.497 e. The first-order chi connectivity index (χ1) is 45.8. The van der Waals surface area contributed by atoms with Crippen molar-refractivity contribution in [1.82, 2.24) is 0 Å². The van der Waals surface area contributed by atoms with Gasteiger partial charge in [0.2, 0.25) is 0 Å². The number of aliphatic imine (C=N–C) groups is 4. The van der Waals surface area contributed by atoms with E-state index in [1.54, 1.807) is 48.5 Å². The van der Waals surface area contributed by atoms with Gasteiger partial charge in [0.25, 0.3) is 0 Å². The van der Waals surface area contributed by atoms with E-state index in [1.807, 2.05) is 55.4 Å². The minimum atomic E-state index is -1.18. The summed E-state index contributed by atoms with van der Waals surface area (Å²) in [5.41, 5.74) is 6.58. The number of rotatable bonds is 0. The third kappa shape index (κ3) is 9.16. The molecule has 0 radical (unpaired) electrons. The molecule has 0 amide bonds. The highest BCUT2D eigenvalue weighted by molar-refractivity contribution is 6.63. The minimum Gasteiger partial charge on any atom is -0.507 e. The van der Waals surface area contributed by atoms with Crippen LogP contribution in [0.15, 0.2) is 141 Å². The van der Waals surface area contributed by atoms with Crippen LogP contribution < -0.4 is 21.9 Å². The van der Waals surface area contributed by atoms with Gasteiger partial charge in [-0.2, -0.15) is 0 Å². The molecule has 0 spiro atoms. The van der Waals surface area contributed by atoms with Gasteiger partial charge in [0, 0.05) is 115 Å². The molecule has 8 unspecified atom stereocenters. The molecule has 8 aromatic rings. The highest BCUT2D eigenvalue weighted by Crippen LogP contribution is 2.60. The fraction of sp³-hybridized carbons (Fsp3) is 0.278. The molecular weight excluding hydrogens is 1230 g/mol. The van der Waals surface area contributed by atoms with Crippen LogP contribution in [-0.4, -0.2) is 98.2 Å². The fourth-order valence-electron chi connectivity index (χ4n) is 16.0. The molecule has 28 bridgehead atoms. The molecule has 8 aromatic carbocycles. The number of aromatic hydroxyl groups is 4. The van der Waals surface area contributed by atoms with Crippen LogP contribution in [0.1, 0.15) is 147 Å². The highest BCUT2D eigenvalue weighted by Gasteiger charge is 2.62. The van der Waals surface area contributed by atoms with Gasteiger partial charge in [-0.25, -0.2) is 17.6 Å². The van der Waals surface area contributed by atoms with E-state index < -0.39 is 122 Å². The molecule has 0 aromatic heterocycles. The summed E-state index contributed by atoms with van der Waals surface area (Å²) in [5, 5.41) is 44.7. The molecule has 8 atom stereocenters. The summed E-state index contributed by atoms with van der Waals surface area (Å²) in [7, 11) is -4.72. The van der Waals surface area contributed by atoms with Gasteiger partial charge in [-0.1, -0.05) is 104 Å². The van der Waals surface area contributed by atoms with Crippen LogP contribution in [0.25, 0.3) is 0 Å². The van der Waals surface area contributed by atoms with E-state index in [0.717, 1.165) is 68.8 Å². The summed E-state index contributed by atoms with van der Waals surface area (Å²) in [6.45, 7) is 16.2. The van der Waals surface area contributed by atoms with Crippen molar-refractivity contribution >= 4 is 97.9 Å². The zero-order chi connectivity index (χ0) is 66.5. The molecule has 96 heavy (non-hydrogen) atoms. The summed E-state index contributed by atoms with van der Waals surface area (Å²) in [5.74, 6) is -4.56. The number of phenolic OH excluding ortho intramolecular Hbond substituents is 4. The zero-order valence-electron chi connectivity index (χ0n) is 53.1. The van der Waals surface area contributed by atoms with Crippen LogP contribution in [0.3, 0.4) is 0 Å². The van der Waals surface area contributed by atoms with E-state index >= 15 is 17.6 Å². The Balaban J connectivity index is 0.734. The predicted molar refractivity (Wildman–Crippen MR) is 355 cm³/mol. The van der Waals surface area contributed by atoms with Gasteiger partial charge in [0.05, 0.1) is 71.6 Å². The summed E-state index contributed by atoms with van der Waals surface area (Å²) < 4.78 is 118. The van der Waals surface area contributed by atoms with Gasteiger partial charge in [0.1, 0.15) is 46.3 Å². The summed E-state index contributed by atoms with van der Waals surface area (Å²) in [6.07, 6.45) is 0.722. The van der Waals surface area contributed by atoms with Crippen molar-refractivity contribution in [2.24, 2.45) is 20.0 Å². The van der Waals surface area contributed by atoms with E-state index in [9.17, 15) is 20.4 Å². The monoisotopic (exact) mass is 1290 g/mol. The Hall–Kier alpha value is -8.70. The lowest BCUT2D eigenvalue weighted by Gasteiger charge is -2.28. The van der Waals surface area contributed by atoms with E-state index in [2.05, 4.69) is 44.2 Å². The standard InChI is InChI=1S/C72H60B4F4N4O12/c1-69(2)41-21-38-42-22-37(41)61-65(69)93-73(89-61)45-17-33(57(85)25-49(45)77)29-81-53-13-9-10-14-54(53)83-31-35-19-47(51(79)27-59(35)87)75-91-63-39-23-44-40(24-43(39)71(5,6)67(63)95-75)64-68(72(44,7)8)96-76(92-64)48-20-36(60(88)28-52(48)80)32-84-56-16-12-11-15-55(56)82-30-34-18-46(50(78)26-58(34)86)74-90-62(38)66(94-74)70(42,3)4/h9-32,61-68,85-88H,1-8H3. The SMILES string of the molecule is CC1(C)c2cc3c4cc2C2OB(OC21)c1cc(c(O)cc1F)C=Nc1ccccc1N=Cc1cc(c(F)cc1O)B1OC2c5cc6c(cc5C(C)(C)C2O1)C1OB(OC1C6(C)C)c1cc(c(O)cc1F)C=Nc1ccccc1N=Cc1cc(c(F)cc1O)B1OC3C(O1)C4(C)C. The van der Waals surface area contributed by atoms with Crippen LogP contribution in [0.2, 0.25) is 0 Å². The van der Waals surface area contributed by atoms with Gasteiger partial charge in [-0.05, 0) is 93.0 Å². The fourth-order valence-corrected chi connectivity index (χ4v) is 16.0. The molecule has 480 valence electrons. The lowest BCUT2D eigenvalue weighted by atomic mass is 9.76. The molecule has 21 aliphatic rings. The van der Waals surface area contributed by atoms with Crippen molar-refractivity contribution in [3.8, 4) is 23.0 Å². The van der Waals surface area contributed by atoms with E-state index in [1.165, 1.54) is 49.1 Å². The topological polar surface area (TPSA) is 204 Å². The second-order valence-corrected chi connectivity index (χ2v) is 28.5. The van der Waals surface area contributed by atoms with E-state index in [-0.39, 0.29) is 67.1 Å². The molecule has 29 rings (SSSR count). The average molecular weight is 1290 g/mol. The number of nitrogens with zero attached hydrogens (tertiary/aromatic N) is 4. The van der Waals surface area contributed by atoms with Crippen molar-refractivity contribution in [3.63, 3.8) is 0 Å². The largest absolute Gasteiger partial charge is 0.507 e. The van der Waals surface area contributed by atoms with Crippen LogP contribution >= 0.6 is 0 Å². The molecule has 24 heteroatoms. The Bertz CT molecular complexity index is 4240. The number of halogens is 4. The second-order valence-electron chi connectivity index (χ2n) is 28.5. The zero-order valence-corrected chi connectivity index (χ0v) is 53.1. The molecular formula is C72H60B4F4N4O12. The van der Waals surface area contributed by atoms with E-state index in [0.29, 0.717) is 22.7 Å². The quantitative estimate of drug-likeness (QED) is 0.0827. The van der Waals surface area contributed by atoms with Crippen molar-refractivity contribution in [1.29, 1.82) is 0 Å². The number of hydrogen-bond acceptors (Lipinski definition) is 16. The Morgan fingerprint density at radius 2 is 0.521 bits per heavy atom. The molecule has 4 aliphatic carbocycles. The number of benzene rings is 8. The van der Waals surface area contributed by atoms with Crippen molar-refractivity contribution in [2.75, 3.05) is 0 Å². The Kier molecular flexibility index (Phi) is 13.6. The first kappa shape index (κ1) is 60.9. The van der Waals surface area contributed by atoms with Gasteiger partial charge in [0.15, 0.2) is 0 Å². The van der Waals surface area contributed by atoms with Crippen molar-refractivity contribution in [3.05, 3.63) is 211 Å². The van der Waals surface area contributed by atoms with Crippen LogP contribution in [0, 0.1) is 23.3 Å². The highest BCUT2D eigenvalue weighted by atomic mass is 19.1. The Morgan fingerprint density at radius 1 is 0.312 bits per heavy atom. The lowest BCUT2D eigenvalue weighted by molar-refractivity contribution is 0.113. The Labute approximate surface area is 550 Å². The molecule has 17 heterocycles. The van der Waals surface area contributed by atoms with E-state index in [4.69, 9.17) is 37.2 Å². The third-order valence-corrected chi connectivity index (χ3v) is 21.3. The van der Waals surface area contributed by atoms with Crippen LogP contribution in [0.4, 0.5) is 40.3 Å². The van der Waals surface area contributed by atoms with Crippen LogP contribution in [-0.2, 0) is 58.9 Å². The molecule has 4 saturated heterocycles. The smallest absolute Gasteiger partial charge is 0.497 e. The maximum atomic E-state index is 16.2. The summed E-state index contributed by atoms with van der Waals surface area (Å²) in [4.78, 5) is 18.7. The first-order valence-corrected chi connectivity index (χ1v) is 31.9. The van der Waals surface area contributed by atoms with Crippen LogP contribution in [0.5, 0.6) is 23.0 Å². The first-order valence-electron chi connectivity index (χ1n) is 31.9. The number of hydrogen-bond donors (Lipinski definition) is 4. The average Bonchev–Trinajstić information content (AvgIpc) is 1.54. The minimum absolute atomic E-state index is 0.0430. The molecule has 4 fully saturated rings. The normalized spacial score (nSPS) is 25.2. The Morgan fingerprint density at radius 3 is 0.729 bits per heavy atom. The summed E-state index contributed by atoms with van der Waals surface area (Å²) >= 11 is 0. The maximum absolute atomic E-state index is 16.2. The van der Waals surface area contributed by atoms with Gasteiger partial charge in [-0.15, -0.1) is 0 Å². The van der Waals surface area contributed by atoms with Gasteiger partial charge in [-0.3, -0.25) is 20.0 Å². The predicted octanol–water partition coefficient (Wildman–Crippen LogP) is 11.0. The molecule has 4 N–H and O–H groups in total. The second kappa shape index (κ2) is 21.4. The lowest BCUT2D eigenvalue weighted by Crippen LogP contribution is -2.39. The number of para-hydroxylation sites is 4. The molecule has 0 saturated carbocycles. The van der Waals surface area contributed by atoms with Crippen molar-refractivity contribution < 1.29 is 75.2 Å². The summed E-state index contributed by atoms with van der Waals surface area (Å²) in [6, 6.07) is 31.8. The third-order valence-electron chi connectivity index (χ3n) is 21.3. The molecule has 16 nitrogen and oxygen atoms in total. The molecule has 17 aliphatic heterocycles. The van der Waals surface area contributed by atoms with Crippen molar-refractivity contribution in [2.45, 2.75) is 126 Å². The van der Waals surface area contributed by atoms with Gasteiger partial charge >= 0.3 is 28.5 Å². The number of phenols is 4. The van der Waals surface area contributed by atoms with Gasteiger partial charge < -0.3 is 57.7 Å².